The number of hydrogen-bond donors (Lipinski definition) is 0. The zero-order chi connectivity index (χ0) is 14.7. The van der Waals surface area contributed by atoms with Crippen molar-refractivity contribution >= 4 is 11.6 Å². The fraction of sp³-hybridized carbons (Fsp3) is 0.200. The third-order valence-electron chi connectivity index (χ3n) is 2.96. The van der Waals surface area contributed by atoms with Crippen molar-refractivity contribution in [2.45, 2.75) is 11.8 Å². The van der Waals surface area contributed by atoms with E-state index in [-0.39, 0.29) is 17.7 Å². The van der Waals surface area contributed by atoms with E-state index in [0.717, 1.165) is 12.1 Å². The van der Waals surface area contributed by atoms with Gasteiger partial charge in [0.15, 0.2) is 0 Å². The molecule has 0 spiro atoms. The first-order valence-electron chi connectivity index (χ1n) is 5.93. The molecule has 5 heteroatoms. The lowest BCUT2D eigenvalue weighted by atomic mass is 10.0. The summed E-state index contributed by atoms with van der Waals surface area (Å²) in [4.78, 5) is 0. The Morgan fingerprint density at radius 2 is 1.65 bits per heavy atom. The zero-order valence-corrected chi connectivity index (χ0v) is 11.4. The molecule has 0 heterocycles. The van der Waals surface area contributed by atoms with Gasteiger partial charge in [-0.1, -0.05) is 18.2 Å². The molecule has 0 aliphatic carbocycles. The fourth-order valence-corrected chi connectivity index (χ4v) is 2.31. The Labute approximate surface area is 119 Å². The Kier molecular flexibility index (Phi) is 4.55. The summed E-state index contributed by atoms with van der Waals surface area (Å²) in [7, 11) is 1.31. The van der Waals surface area contributed by atoms with Gasteiger partial charge in [-0.2, -0.15) is 0 Å². The largest absolute Gasteiger partial charge is 0.497 e. The normalized spacial score (nSPS) is 12.2. The number of alkyl halides is 1. The molecule has 1 nitrogen and oxygen atoms in total. The number of halogens is 4. The highest BCUT2D eigenvalue weighted by Gasteiger charge is 2.21. The molecule has 0 aliphatic heterocycles. The first-order valence-corrected chi connectivity index (χ1v) is 6.37. The van der Waals surface area contributed by atoms with Gasteiger partial charge in [0, 0.05) is 17.7 Å². The van der Waals surface area contributed by atoms with Crippen LogP contribution in [0.15, 0.2) is 36.4 Å². The molecule has 0 radical (unpaired) electrons. The standard InChI is InChI=1S/C15H12ClF3O/c1-20-10-7-13(18)15(14(19)8-10)11(16)6-9-4-2-3-5-12(9)17/h2-5,7-8,11H,6H2,1H3. The molecule has 0 amide bonds. The molecule has 0 saturated heterocycles. The predicted octanol–water partition coefficient (Wildman–Crippen LogP) is 4.64. The molecule has 2 aromatic carbocycles. The topological polar surface area (TPSA) is 9.23 Å². The molecular weight excluding hydrogens is 289 g/mol. The van der Waals surface area contributed by atoms with Gasteiger partial charge in [-0.25, -0.2) is 13.2 Å². The second-order valence-electron chi connectivity index (χ2n) is 4.27. The van der Waals surface area contributed by atoms with Crippen molar-refractivity contribution in [1.82, 2.24) is 0 Å². The summed E-state index contributed by atoms with van der Waals surface area (Å²) in [6.07, 6.45) is -0.00556. The van der Waals surface area contributed by atoms with Crippen molar-refractivity contribution in [3.8, 4) is 5.75 Å². The number of methoxy groups -OCH3 is 1. The second-order valence-corrected chi connectivity index (χ2v) is 4.79. The van der Waals surface area contributed by atoms with Gasteiger partial charge in [0.1, 0.15) is 23.2 Å². The lowest BCUT2D eigenvalue weighted by molar-refractivity contribution is 0.405. The van der Waals surface area contributed by atoms with Gasteiger partial charge in [0.2, 0.25) is 0 Å². The molecule has 20 heavy (non-hydrogen) atoms. The highest BCUT2D eigenvalue weighted by Crippen LogP contribution is 2.32. The molecule has 0 saturated carbocycles. The minimum absolute atomic E-state index is 0.00556. The SMILES string of the molecule is COc1cc(F)c(C(Cl)Cc2ccccc2F)c(F)c1. The Morgan fingerprint density at radius 3 is 2.20 bits per heavy atom. The van der Waals surface area contributed by atoms with Crippen LogP contribution >= 0.6 is 11.6 Å². The monoisotopic (exact) mass is 300 g/mol. The number of rotatable bonds is 4. The maximum Gasteiger partial charge on any atom is 0.134 e. The van der Waals surface area contributed by atoms with Crippen molar-refractivity contribution in [1.29, 1.82) is 0 Å². The van der Waals surface area contributed by atoms with Crippen molar-refractivity contribution in [3.63, 3.8) is 0 Å². The maximum absolute atomic E-state index is 13.9. The average molecular weight is 301 g/mol. The summed E-state index contributed by atoms with van der Waals surface area (Å²) in [6.45, 7) is 0. The van der Waals surface area contributed by atoms with E-state index in [0.29, 0.717) is 5.56 Å². The Morgan fingerprint density at radius 1 is 1.05 bits per heavy atom. The van der Waals surface area contributed by atoms with E-state index < -0.39 is 22.8 Å². The summed E-state index contributed by atoms with van der Waals surface area (Å²) >= 11 is 6.03. The van der Waals surface area contributed by atoms with Gasteiger partial charge in [-0.15, -0.1) is 11.6 Å². The van der Waals surface area contributed by atoms with Gasteiger partial charge in [-0.3, -0.25) is 0 Å². The summed E-state index contributed by atoms with van der Waals surface area (Å²) in [5, 5.41) is -1.00. The van der Waals surface area contributed by atoms with Crippen LogP contribution in [-0.4, -0.2) is 7.11 Å². The van der Waals surface area contributed by atoms with Crippen molar-refractivity contribution in [3.05, 3.63) is 65.0 Å². The minimum Gasteiger partial charge on any atom is -0.497 e. The minimum atomic E-state index is -1.00. The molecule has 0 aliphatic rings. The molecule has 1 unspecified atom stereocenters. The zero-order valence-electron chi connectivity index (χ0n) is 10.7. The third-order valence-corrected chi connectivity index (χ3v) is 3.33. The summed E-state index contributed by atoms with van der Waals surface area (Å²) in [5.41, 5.74) is 0.0258. The highest BCUT2D eigenvalue weighted by atomic mass is 35.5. The van der Waals surface area contributed by atoms with Crippen LogP contribution in [0, 0.1) is 17.5 Å². The van der Waals surface area contributed by atoms with Crippen LogP contribution in [0.3, 0.4) is 0 Å². The predicted molar refractivity (Wildman–Crippen MR) is 71.6 cm³/mol. The maximum atomic E-state index is 13.9. The molecule has 0 aromatic heterocycles. The molecule has 0 N–H and O–H groups in total. The van der Waals surface area contributed by atoms with Crippen molar-refractivity contribution < 1.29 is 17.9 Å². The quantitative estimate of drug-likeness (QED) is 0.748. The highest BCUT2D eigenvalue weighted by molar-refractivity contribution is 6.21. The molecule has 106 valence electrons. The number of benzene rings is 2. The van der Waals surface area contributed by atoms with E-state index in [1.807, 2.05) is 0 Å². The van der Waals surface area contributed by atoms with E-state index in [2.05, 4.69) is 0 Å². The fourth-order valence-electron chi connectivity index (χ4n) is 1.94. The first kappa shape index (κ1) is 14.7. The van der Waals surface area contributed by atoms with E-state index in [1.165, 1.54) is 25.3 Å². The van der Waals surface area contributed by atoms with Crippen LogP contribution in [0.4, 0.5) is 13.2 Å². The van der Waals surface area contributed by atoms with Crippen LogP contribution in [-0.2, 0) is 6.42 Å². The Bertz CT molecular complexity index is 593. The first-order chi connectivity index (χ1) is 9.52. The van der Waals surface area contributed by atoms with Crippen LogP contribution in [0.25, 0.3) is 0 Å². The average Bonchev–Trinajstić information content (AvgIpc) is 2.40. The molecule has 1 atom stereocenters. The van der Waals surface area contributed by atoms with E-state index in [4.69, 9.17) is 16.3 Å². The third kappa shape index (κ3) is 3.07. The Balaban J connectivity index is 2.30. The van der Waals surface area contributed by atoms with E-state index in [1.54, 1.807) is 6.07 Å². The van der Waals surface area contributed by atoms with Crippen LogP contribution in [0.1, 0.15) is 16.5 Å². The summed E-state index contributed by atoms with van der Waals surface area (Å²) < 4.78 is 46.0. The van der Waals surface area contributed by atoms with Gasteiger partial charge < -0.3 is 4.74 Å². The van der Waals surface area contributed by atoms with Crippen LogP contribution < -0.4 is 4.74 Å². The summed E-state index contributed by atoms with van der Waals surface area (Å²) in [6, 6.07) is 8.09. The van der Waals surface area contributed by atoms with Gasteiger partial charge >= 0.3 is 0 Å². The lowest BCUT2D eigenvalue weighted by Crippen LogP contribution is -2.04. The molecular formula is C15H12ClF3O. The van der Waals surface area contributed by atoms with Crippen molar-refractivity contribution in [2.24, 2.45) is 0 Å². The van der Waals surface area contributed by atoms with Gasteiger partial charge in [-0.05, 0) is 18.1 Å². The number of hydrogen-bond acceptors (Lipinski definition) is 1. The molecule has 0 fully saturated rings. The summed E-state index contributed by atoms with van der Waals surface area (Å²) in [5.74, 6) is -2.00. The van der Waals surface area contributed by atoms with E-state index >= 15 is 0 Å². The molecule has 0 bridgehead atoms. The van der Waals surface area contributed by atoms with Crippen LogP contribution in [0.5, 0.6) is 5.75 Å². The smallest absolute Gasteiger partial charge is 0.134 e. The number of ether oxygens (including phenoxy) is 1. The molecule has 2 aromatic rings. The van der Waals surface area contributed by atoms with Crippen molar-refractivity contribution in [2.75, 3.05) is 7.11 Å². The van der Waals surface area contributed by atoms with Crippen LogP contribution in [0.2, 0.25) is 0 Å². The van der Waals surface area contributed by atoms with E-state index in [9.17, 15) is 13.2 Å². The Hall–Kier alpha value is -1.68. The second kappa shape index (κ2) is 6.18. The van der Waals surface area contributed by atoms with Gasteiger partial charge in [0.05, 0.1) is 12.5 Å². The molecule has 2 rings (SSSR count). The lowest BCUT2D eigenvalue weighted by Gasteiger charge is -2.13. The van der Waals surface area contributed by atoms with Gasteiger partial charge in [0.25, 0.3) is 0 Å².